The average molecular weight is 193 g/mol. The van der Waals surface area contributed by atoms with Crippen LogP contribution >= 0.6 is 0 Å². The Balaban J connectivity index is 2.43. The number of carbonyl (C=O) groups is 1. The van der Waals surface area contributed by atoms with Crippen molar-refractivity contribution in [3.8, 4) is 6.07 Å². The maximum absolute atomic E-state index is 11.0. The van der Waals surface area contributed by atoms with E-state index in [4.69, 9.17) is 5.26 Å². The molecule has 1 rings (SSSR count). The number of nitrogens with one attached hydrogen (secondary N) is 1. The van der Waals surface area contributed by atoms with Crippen molar-refractivity contribution in [1.29, 1.82) is 5.26 Å². The Morgan fingerprint density at radius 3 is 3.14 bits per heavy atom. The minimum atomic E-state index is -0.322. The van der Waals surface area contributed by atoms with E-state index in [0.717, 1.165) is 25.0 Å². The van der Waals surface area contributed by atoms with Gasteiger partial charge in [-0.1, -0.05) is 13.3 Å². The molecule has 4 nitrogen and oxygen atoms in total. The first-order chi connectivity index (χ1) is 6.74. The maximum atomic E-state index is 11.0. The Hall–Kier alpha value is -1.37. The average Bonchev–Trinajstić information content (AvgIpc) is 2.17. The Kier molecular flexibility index (Phi) is 4.11. The fourth-order valence-corrected chi connectivity index (χ4v) is 1.58. The Morgan fingerprint density at radius 2 is 2.50 bits per heavy atom. The van der Waals surface area contributed by atoms with E-state index in [0.29, 0.717) is 5.92 Å². The van der Waals surface area contributed by atoms with E-state index in [9.17, 15) is 4.79 Å². The zero-order valence-electron chi connectivity index (χ0n) is 8.42. The minimum absolute atomic E-state index is 0.120. The molecule has 0 unspecified atom stereocenters. The van der Waals surface area contributed by atoms with E-state index >= 15 is 0 Å². The Bertz CT molecular complexity index is 278. The third kappa shape index (κ3) is 3.17. The molecule has 1 atom stereocenters. The highest BCUT2D eigenvalue weighted by Gasteiger charge is 2.15. The van der Waals surface area contributed by atoms with Crippen LogP contribution in [0.25, 0.3) is 0 Å². The maximum Gasteiger partial charge on any atom is 0.254 e. The molecule has 14 heavy (non-hydrogen) atoms. The van der Waals surface area contributed by atoms with Crippen LogP contribution in [0.15, 0.2) is 5.10 Å². The SMILES string of the molecule is C[C@@H]1CCCC/C1=N/NC(=O)CC#N. The third-order valence-corrected chi connectivity index (χ3v) is 2.45. The zero-order valence-corrected chi connectivity index (χ0v) is 8.42. The first-order valence-electron chi connectivity index (χ1n) is 4.96. The van der Waals surface area contributed by atoms with Gasteiger partial charge in [0.25, 0.3) is 5.91 Å². The second kappa shape index (κ2) is 5.38. The van der Waals surface area contributed by atoms with Crippen LogP contribution in [-0.2, 0) is 4.79 Å². The number of hydrazone groups is 1. The molecule has 0 saturated heterocycles. The summed E-state index contributed by atoms with van der Waals surface area (Å²) in [4.78, 5) is 11.0. The van der Waals surface area contributed by atoms with Crippen molar-refractivity contribution in [3.63, 3.8) is 0 Å². The predicted octanol–water partition coefficient (Wildman–Crippen LogP) is 1.58. The summed E-state index contributed by atoms with van der Waals surface area (Å²) in [7, 11) is 0. The summed E-state index contributed by atoms with van der Waals surface area (Å²) in [5, 5.41) is 12.3. The smallest absolute Gasteiger partial charge is 0.254 e. The predicted molar refractivity (Wildman–Crippen MR) is 53.4 cm³/mol. The van der Waals surface area contributed by atoms with Gasteiger partial charge in [0.05, 0.1) is 6.07 Å². The summed E-state index contributed by atoms with van der Waals surface area (Å²) >= 11 is 0. The molecule has 0 spiro atoms. The quantitative estimate of drug-likeness (QED) is 0.676. The third-order valence-electron chi connectivity index (χ3n) is 2.45. The number of nitrogens with zero attached hydrogens (tertiary/aromatic N) is 2. The van der Waals surface area contributed by atoms with Crippen molar-refractivity contribution < 1.29 is 4.79 Å². The molecule has 0 radical (unpaired) electrons. The number of carbonyl (C=O) groups excluding carboxylic acids is 1. The number of nitriles is 1. The van der Waals surface area contributed by atoms with Crippen LogP contribution in [0.5, 0.6) is 0 Å². The van der Waals surface area contributed by atoms with Gasteiger partial charge in [-0.3, -0.25) is 4.79 Å². The lowest BCUT2D eigenvalue weighted by Crippen LogP contribution is -2.23. The van der Waals surface area contributed by atoms with Gasteiger partial charge >= 0.3 is 0 Å². The van der Waals surface area contributed by atoms with Crippen LogP contribution < -0.4 is 5.43 Å². The highest BCUT2D eigenvalue weighted by atomic mass is 16.2. The summed E-state index contributed by atoms with van der Waals surface area (Å²) in [5.74, 6) is 0.143. The highest BCUT2D eigenvalue weighted by molar-refractivity contribution is 5.88. The van der Waals surface area contributed by atoms with Crippen molar-refractivity contribution in [3.05, 3.63) is 0 Å². The summed E-state index contributed by atoms with van der Waals surface area (Å²) in [6.45, 7) is 2.12. The summed E-state index contributed by atoms with van der Waals surface area (Å²) in [5.41, 5.74) is 3.47. The highest BCUT2D eigenvalue weighted by Crippen LogP contribution is 2.20. The van der Waals surface area contributed by atoms with E-state index in [1.807, 2.05) is 0 Å². The molecular weight excluding hydrogens is 178 g/mol. The van der Waals surface area contributed by atoms with E-state index in [2.05, 4.69) is 17.5 Å². The van der Waals surface area contributed by atoms with E-state index in [1.165, 1.54) is 6.42 Å². The van der Waals surface area contributed by atoms with Crippen LogP contribution in [0, 0.1) is 17.2 Å². The van der Waals surface area contributed by atoms with E-state index in [1.54, 1.807) is 6.07 Å². The van der Waals surface area contributed by atoms with Crippen LogP contribution in [0.1, 0.15) is 39.0 Å². The Morgan fingerprint density at radius 1 is 1.71 bits per heavy atom. The molecule has 1 aliphatic carbocycles. The number of rotatable bonds is 2. The molecule has 1 amide bonds. The fraction of sp³-hybridized carbons (Fsp3) is 0.700. The molecule has 0 bridgehead atoms. The van der Waals surface area contributed by atoms with Gasteiger partial charge in [-0.2, -0.15) is 10.4 Å². The summed E-state index contributed by atoms with van der Waals surface area (Å²) in [6.07, 6.45) is 4.38. The largest absolute Gasteiger partial charge is 0.272 e. The first kappa shape index (κ1) is 10.7. The van der Waals surface area contributed by atoms with Crippen LogP contribution in [0.4, 0.5) is 0 Å². The standard InChI is InChI=1S/C10H15N3O/c1-8-4-2-3-5-9(8)12-13-10(14)6-7-11/h8H,2-6H2,1H3,(H,13,14)/b12-9-/t8-/m1/s1. The van der Waals surface area contributed by atoms with Gasteiger partial charge in [-0.05, 0) is 25.2 Å². The molecular formula is C10H15N3O. The van der Waals surface area contributed by atoms with Crippen LogP contribution in [0.2, 0.25) is 0 Å². The lowest BCUT2D eigenvalue weighted by molar-refractivity contribution is -0.120. The lowest BCUT2D eigenvalue weighted by atomic mass is 9.89. The monoisotopic (exact) mass is 193 g/mol. The van der Waals surface area contributed by atoms with Crippen molar-refractivity contribution in [2.24, 2.45) is 11.0 Å². The molecule has 1 aliphatic rings. The molecule has 4 heteroatoms. The van der Waals surface area contributed by atoms with Crippen molar-refractivity contribution in [2.75, 3.05) is 0 Å². The van der Waals surface area contributed by atoms with Crippen LogP contribution in [0.3, 0.4) is 0 Å². The fourth-order valence-electron chi connectivity index (χ4n) is 1.58. The normalized spacial score (nSPS) is 24.3. The van der Waals surface area contributed by atoms with E-state index in [-0.39, 0.29) is 12.3 Å². The minimum Gasteiger partial charge on any atom is -0.272 e. The molecule has 0 aliphatic heterocycles. The van der Waals surface area contributed by atoms with Crippen LogP contribution in [-0.4, -0.2) is 11.6 Å². The van der Waals surface area contributed by atoms with Gasteiger partial charge in [0, 0.05) is 5.71 Å². The second-order valence-electron chi connectivity index (χ2n) is 3.62. The second-order valence-corrected chi connectivity index (χ2v) is 3.62. The Labute approximate surface area is 84.0 Å². The van der Waals surface area contributed by atoms with Gasteiger partial charge in [-0.15, -0.1) is 0 Å². The number of amides is 1. The van der Waals surface area contributed by atoms with Crippen molar-refractivity contribution in [1.82, 2.24) is 5.43 Å². The van der Waals surface area contributed by atoms with E-state index < -0.39 is 0 Å². The molecule has 0 aromatic heterocycles. The van der Waals surface area contributed by atoms with Crippen molar-refractivity contribution in [2.45, 2.75) is 39.0 Å². The molecule has 0 heterocycles. The first-order valence-corrected chi connectivity index (χ1v) is 4.96. The molecule has 0 aromatic carbocycles. The molecule has 0 aromatic rings. The molecule has 76 valence electrons. The molecule has 1 fully saturated rings. The number of hydrogen-bond acceptors (Lipinski definition) is 3. The van der Waals surface area contributed by atoms with Gasteiger partial charge in [-0.25, -0.2) is 5.43 Å². The zero-order chi connectivity index (χ0) is 10.4. The lowest BCUT2D eigenvalue weighted by Gasteiger charge is -2.19. The van der Waals surface area contributed by atoms with Gasteiger partial charge in [0.15, 0.2) is 0 Å². The van der Waals surface area contributed by atoms with Gasteiger partial charge in [0.2, 0.25) is 0 Å². The van der Waals surface area contributed by atoms with Gasteiger partial charge < -0.3 is 0 Å². The summed E-state index contributed by atoms with van der Waals surface area (Å²) < 4.78 is 0. The van der Waals surface area contributed by atoms with Crippen molar-refractivity contribution >= 4 is 11.6 Å². The molecule has 1 saturated carbocycles. The summed E-state index contributed by atoms with van der Waals surface area (Å²) in [6, 6.07) is 1.79. The topological polar surface area (TPSA) is 65.2 Å². The van der Waals surface area contributed by atoms with Gasteiger partial charge in [0.1, 0.15) is 6.42 Å². The molecule has 1 N–H and O–H groups in total. The number of hydrogen-bond donors (Lipinski definition) is 1.